The molecule has 4 nitrogen and oxygen atoms in total. The zero-order chi connectivity index (χ0) is 12.7. The van der Waals surface area contributed by atoms with Gasteiger partial charge in [-0.05, 0) is 42.2 Å². The minimum Gasteiger partial charge on any atom is -0.392 e. The second-order valence-electron chi connectivity index (χ2n) is 3.71. The van der Waals surface area contributed by atoms with Crippen LogP contribution in [0.3, 0.4) is 0 Å². The Morgan fingerprint density at radius 1 is 1.41 bits per heavy atom. The topological polar surface area (TPSA) is 66.8 Å². The fraction of sp³-hybridized carbons (Fsp3) is 0.308. The van der Waals surface area contributed by atoms with Crippen molar-refractivity contribution >= 4 is 11.9 Å². The van der Waals surface area contributed by atoms with Gasteiger partial charge in [-0.25, -0.2) is 4.89 Å². The molecule has 1 rings (SSSR count). The number of ketones is 1. The molecular formula is C13H16O4. The average molecular weight is 236 g/mol. The van der Waals surface area contributed by atoms with Crippen molar-refractivity contribution in [2.75, 3.05) is 6.61 Å². The molecule has 0 aliphatic rings. The maximum absolute atomic E-state index is 10.8. The van der Waals surface area contributed by atoms with Crippen LogP contribution < -0.4 is 0 Å². The largest absolute Gasteiger partial charge is 0.392 e. The van der Waals surface area contributed by atoms with E-state index in [0.717, 1.165) is 16.7 Å². The highest BCUT2D eigenvalue weighted by Crippen LogP contribution is 2.14. The van der Waals surface area contributed by atoms with Crippen LogP contribution in [0.5, 0.6) is 0 Å². The molecule has 1 aromatic carbocycles. The number of allylic oxidation sites excluding steroid dienone is 1. The van der Waals surface area contributed by atoms with Crippen molar-refractivity contribution in [3.63, 3.8) is 0 Å². The van der Waals surface area contributed by atoms with E-state index in [1.807, 2.05) is 18.2 Å². The summed E-state index contributed by atoms with van der Waals surface area (Å²) in [6.07, 6.45) is 3.71. The van der Waals surface area contributed by atoms with Gasteiger partial charge in [-0.1, -0.05) is 18.2 Å². The summed E-state index contributed by atoms with van der Waals surface area (Å²) in [5.41, 5.74) is 2.55. The number of aliphatic hydroxyl groups is 1. The van der Waals surface area contributed by atoms with E-state index in [9.17, 15) is 9.90 Å². The molecule has 0 spiro atoms. The molecular weight excluding hydrogens is 220 g/mol. The predicted molar refractivity (Wildman–Crippen MR) is 64.4 cm³/mol. The van der Waals surface area contributed by atoms with Gasteiger partial charge in [0.25, 0.3) is 0 Å². The third-order valence-corrected chi connectivity index (χ3v) is 2.37. The second-order valence-corrected chi connectivity index (χ2v) is 3.71. The molecule has 0 aliphatic carbocycles. The third kappa shape index (κ3) is 4.48. The zero-order valence-electron chi connectivity index (χ0n) is 9.72. The lowest BCUT2D eigenvalue weighted by Gasteiger charge is -2.07. The average Bonchev–Trinajstić information content (AvgIpc) is 2.34. The number of rotatable bonds is 6. The number of hydrogen-bond acceptors (Lipinski definition) is 4. The summed E-state index contributed by atoms with van der Waals surface area (Å²) in [6.45, 7) is 1.59. The predicted octanol–water partition coefficient (Wildman–Crippen LogP) is 1.81. The first kappa shape index (κ1) is 13.6. The molecule has 92 valence electrons. The highest BCUT2D eigenvalue weighted by molar-refractivity contribution is 5.91. The monoisotopic (exact) mass is 236 g/mol. The Hall–Kier alpha value is -1.49. The first-order chi connectivity index (χ1) is 8.17. The van der Waals surface area contributed by atoms with Crippen molar-refractivity contribution in [3.8, 4) is 0 Å². The molecule has 0 fully saturated rings. The Labute approximate surface area is 100 Å². The van der Waals surface area contributed by atoms with E-state index < -0.39 is 0 Å². The molecule has 1 aromatic rings. The van der Waals surface area contributed by atoms with Gasteiger partial charge in [0.2, 0.25) is 0 Å². The van der Waals surface area contributed by atoms with Gasteiger partial charge in [0, 0.05) is 0 Å². The van der Waals surface area contributed by atoms with Gasteiger partial charge in [0.1, 0.15) is 0 Å². The van der Waals surface area contributed by atoms with E-state index in [2.05, 4.69) is 4.89 Å². The lowest BCUT2D eigenvalue weighted by atomic mass is 10.0. The Morgan fingerprint density at radius 2 is 2.18 bits per heavy atom. The summed E-state index contributed by atoms with van der Waals surface area (Å²) >= 11 is 0. The Morgan fingerprint density at radius 3 is 2.76 bits per heavy atom. The quantitative estimate of drug-likeness (QED) is 0.449. The fourth-order valence-corrected chi connectivity index (χ4v) is 1.51. The molecule has 0 atom stereocenters. The summed E-state index contributed by atoms with van der Waals surface area (Å²) in [6, 6.07) is 5.52. The van der Waals surface area contributed by atoms with E-state index in [1.165, 1.54) is 13.0 Å². The summed E-state index contributed by atoms with van der Waals surface area (Å²) in [5.74, 6) is -0.0201. The van der Waals surface area contributed by atoms with E-state index in [4.69, 9.17) is 5.26 Å². The molecule has 0 aromatic heterocycles. The Balaban J connectivity index is 2.87. The van der Waals surface area contributed by atoms with Crippen LogP contribution in [0.25, 0.3) is 6.08 Å². The van der Waals surface area contributed by atoms with Crippen LogP contribution in [0.2, 0.25) is 0 Å². The molecule has 0 unspecified atom stereocenters. The molecule has 2 N–H and O–H groups in total. The third-order valence-electron chi connectivity index (χ3n) is 2.37. The molecule has 0 aliphatic heterocycles. The van der Waals surface area contributed by atoms with Crippen LogP contribution in [0, 0.1) is 0 Å². The number of hydrogen-bond donors (Lipinski definition) is 2. The normalized spacial score (nSPS) is 11.0. The van der Waals surface area contributed by atoms with Gasteiger partial charge < -0.3 is 5.11 Å². The summed E-state index contributed by atoms with van der Waals surface area (Å²) in [5, 5.41) is 17.5. The van der Waals surface area contributed by atoms with Gasteiger partial charge in [-0.15, -0.1) is 0 Å². The summed E-state index contributed by atoms with van der Waals surface area (Å²) in [4.78, 5) is 14.8. The zero-order valence-corrected chi connectivity index (χ0v) is 9.72. The molecule has 0 radical (unpaired) electrons. The number of carbonyl (C=O) groups is 1. The standard InChI is InChI=1S/C13H16O4/c1-10(15)2-3-11-4-5-12(6-7-17-16)13(8-11)9-14/h2-5,8,14,16H,6-7,9H2,1H3/b3-2+. The SMILES string of the molecule is CC(=O)/C=C/c1ccc(CCOO)c(CO)c1. The first-order valence-corrected chi connectivity index (χ1v) is 5.35. The minimum absolute atomic E-state index is 0.0201. The van der Waals surface area contributed by atoms with Crippen LogP contribution in [0.1, 0.15) is 23.6 Å². The molecule has 0 bridgehead atoms. The minimum atomic E-state index is -0.0808. The van der Waals surface area contributed by atoms with Crippen molar-refractivity contribution < 1.29 is 20.0 Å². The van der Waals surface area contributed by atoms with E-state index in [1.54, 1.807) is 6.08 Å². The van der Waals surface area contributed by atoms with Crippen LogP contribution in [0.15, 0.2) is 24.3 Å². The Kier molecular flexibility index (Phi) is 5.56. The van der Waals surface area contributed by atoms with E-state index in [0.29, 0.717) is 6.42 Å². The number of carbonyl (C=O) groups excluding carboxylic acids is 1. The van der Waals surface area contributed by atoms with Crippen molar-refractivity contribution in [2.45, 2.75) is 20.0 Å². The van der Waals surface area contributed by atoms with Gasteiger partial charge in [-0.3, -0.25) is 10.1 Å². The summed E-state index contributed by atoms with van der Waals surface area (Å²) < 4.78 is 0. The van der Waals surface area contributed by atoms with Crippen molar-refractivity contribution in [3.05, 3.63) is 41.0 Å². The van der Waals surface area contributed by atoms with Crippen LogP contribution in [-0.2, 0) is 22.7 Å². The number of benzene rings is 1. The molecule has 17 heavy (non-hydrogen) atoms. The molecule has 0 saturated heterocycles. The fourth-order valence-electron chi connectivity index (χ4n) is 1.51. The maximum atomic E-state index is 10.8. The van der Waals surface area contributed by atoms with Crippen LogP contribution in [-0.4, -0.2) is 22.8 Å². The van der Waals surface area contributed by atoms with Crippen molar-refractivity contribution in [2.24, 2.45) is 0 Å². The smallest absolute Gasteiger partial charge is 0.152 e. The van der Waals surface area contributed by atoms with Gasteiger partial charge >= 0.3 is 0 Å². The van der Waals surface area contributed by atoms with Crippen molar-refractivity contribution in [1.82, 2.24) is 0 Å². The molecule has 0 saturated carbocycles. The van der Waals surface area contributed by atoms with Crippen LogP contribution in [0.4, 0.5) is 0 Å². The Bertz CT molecular complexity index is 410. The van der Waals surface area contributed by atoms with Gasteiger partial charge in [0.15, 0.2) is 5.78 Å². The molecule has 4 heteroatoms. The van der Waals surface area contributed by atoms with Gasteiger partial charge in [-0.2, -0.15) is 0 Å². The first-order valence-electron chi connectivity index (χ1n) is 5.35. The van der Waals surface area contributed by atoms with E-state index >= 15 is 0 Å². The maximum Gasteiger partial charge on any atom is 0.152 e. The highest BCUT2D eigenvalue weighted by Gasteiger charge is 2.02. The number of aliphatic hydroxyl groups excluding tert-OH is 1. The molecule has 0 heterocycles. The molecule has 0 amide bonds. The highest BCUT2D eigenvalue weighted by atomic mass is 17.1. The van der Waals surface area contributed by atoms with Crippen molar-refractivity contribution in [1.29, 1.82) is 0 Å². The van der Waals surface area contributed by atoms with E-state index in [-0.39, 0.29) is 19.0 Å². The summed E-state index contributed by atoms with van der Waals surface area (Å²) in [7, 11) is 0. The lowest BCUT2D eigenvalue weighted by molar-refractivity contribution is -0.241. The second kappa shape index (κ2) is 6.96. The van der Waals surface area contributed by atoms with Crippen LogP contribution >= 0.6 is 0 Å². The van der Waals surface area contributed by atoms with Gasteiger partial charge in [0.05, 0.1) is 13.2 Å². The lowest BCUT2D eigenvalue weighted by Crippen LogP contribution is -2.00.